The molecular formula is C24H25ClN2O4S. The molecule has 8 heteroatoms. The molecule has 0 unspecified atom stereocenters. The summed E-state index contributed by atoms with van der Waals surface area (Å²) in [6, 6.07) is 20.4. The number of hydrogen-bond donors (Lipinski definition) is 1. The van der Waals surface area contributed by atoms with Crippen molar-refractivity contribution in [3.05, 3.63) is 88.9 Å². The van der Waals surface area contributed by atoms with E-state index in [1.807, 2.05) is 44.2 Å². The third-order valence-corrected chi connectivity index (χ3v) is 6.80. The van der Waals surface area contributed by atoms with Gasteiger partial charge in [-0.05, 0) is 67.4 Å². The van der Waals surface area contributed by atoms with Crippen molar-refractivity contribution in [1.82, 2.24) is 4.31 Å². The first kappa shape index (κ1) is 23.8. The number of carbonyl (C=O) groups excluding carboxylic acids is 1. The third-order valence-electron chi connectivity index (χ3n) is 4.76. The van der Waals surface area contributed by atoms with Crippen LogP contribution in [0.1, 0.15) is 18.1 Å². The van der Waals surface area contributed by atoms with E-state index in [0.717, 1.165) is 11.1 Å². The Morgan fingerprint density at radius 2 is 1.72 bits per heavy atom. The van der Waals surface area contributed by atoms with Gasteiger partial charge in [0.1, 0.15) is 5.75 Å². The van der Waals surface area contributed by atoms with Crippen molar-refractivity contribution in [2.45, 2.75) is 25.3 Å². The minimum absolute atomic E-state index is 0.0589. The minimum Gasteiger partial charge on any atom is -0.494 e. The highest BCUT2D eigenvalue weighted by molar-refractivity contribution is 7.89. The van der Waals surface area contributed by atoms with Crippen molar-refractivity contribution in [3.63, 3.8) is 0 Å². The van der Waals surface area contributed by atoms with Crippen molar-refractivity contribution in [2.24, 2.45) is 0 Å². The number of halogens is 1. The molecule has 0 aliphatic rings. The summed E-state index contributed by atoms with van der Waals surface area (Å²) >= 11 is 5.98. The normalized spacial score (nSPS) is 11.4. The van der Waals surface area contributed by atoms with Crippen LogP contribution in [0.3, 0.4) is 0 Å². The molecule has 0 aliphatic carbocycles. The quantitative estimate of drug-likeness (QED) is 0.481. The first-order valence-electron chi connectivity index (χ1n) is 10.1. The lowest BCUT2D eigenvalue weighted by Crippen LogP contribution is -2.37. The van der Waals surface area contributed by atoms with Crippen LogP contribution in [0.25, 0.3) is 0 Å². The molecular weight excluding hydrogens is 448 g/mol. The molecule has 0 radical (unpaired) electrons. The Balaban J connectivity index is 1.86. The van der Waals surface area contributed by atoms with Crippen LogP contribution >= 0.6 is 11.6 Å². The summed E-state index contributed by atoms with van der Waals surface area (Å²) < 4.78 is 33.3. The number of rotatable bonds is 9. The lowest BCUT2D eigenvalue weighted by Gasteiger charge is -2.22. The molecule has 0 atom stereocenters. The summed E-state index contributed by atoms with van der Waals surface area (Å²) in [5, 5.41) is 3.34. The summed E-state index contributed by atoms with van der Waals surface area (Å²) in [7, 11) is -3.94. The van der Waals surface area contributed by atoms with Crippen LogP contribution in [-0.2, 0) is 21.4 Å². The molecule has 0 fully saturated rings. The summed E-state index contributed by atoms with van der Waals surface area (Å²) in [5.74, 6) is 0.137. The van der Waals surface area contributed by atoms with Gasteiger partial charge >= 0.3 is 0 Å². The van der Waals surface area contributed by atoms with Gasteiger partial charge in [0.05, 0.1) is 18.0 Å². The molecule has 1 N–H and O–H groups in total. The van der Waals surface area contributed by atoms with E-state index in [2.05, 4.69) is 5.32 Å². The Morgan fingerprint density at radius 3 is 2.34 bits per heavy atom. The maximum Gasteiger partial charge on any atom is 0.243 e. The van der Waals surface area contributed by atoms with Crippen LogP contribution in [0.2, 0.25) is 5.02 Å². The van der Waals surface area contributed by atoms with E-state index in [1.165, 1.54) is 16.4 Å². The minimum atomic E-state index is -3.94. The fourth-order valence-corrected chi connectivity index (χ4v) is 4.76. The summed E-state index contributed by atoms with van der Waals surface area (Å²) in [6.45, 7) is 3.87. The van der Waals surface area contributed by atoms with E-state index >= 15 is 0 Å². The van der Waals surface area contributed by atoms with Crippen LogP contribution in [0.15, 0.2) is 77.7 Å². The highest BCUT2D eigenvalue weighted by Gasteiger charge is 2.27. The number of nitrogens with one attached hydrogen (secondary N) is 1. The molecule has 0 saturated carbocycles. The van der Waals surface area contributed by atoms with Gasteiger partial charge in [0.2, 0.25) is 15.9 Å². The third kappa shape index (κ3) is 6.09. The van der Waals surface area contributed by atoms with Crippen molar-refractivity contribution >= 4 is 33.2 Å². The van der Waals surface area contributed by atoms with Gasteiger partial charge in [-0.25, -0.2) is 8.42 Å². The average Bonchev–Trinajstić information content (AvgIpc) is 2.76. The monoisotopic (exact) mass is 472 g/mol. The summed E-state index contributed by atoms with van der Waals surface area (Å²) in [4.78, 5) is 12.9. The van der Waals surface area contributed by atoms with Gasteiger partial charge in [-0.2, -0.15) is 4.31 Å². The second-order valence-corrected chi connectivity index (χ2v) is 9.54. The van der Waals surface area contributed by atoms with Crippen molar-refractivity contribution in [1.29, 1.82) is 0 Å². The maximum absolute atomic E-state index is 13.4. The highest BCUT2D eigenvalue weighted by atomic mass is 35.5. The highest BCUT2D eigenvalue weighted by Crippen LogP contribution is 2.23. The van der Waals surface area contributed by atoms with Gasteiger partial charge in [0.25, 0.3) is 0 Å². The van der Waals surface area contributed by atoms with Crippen molar-refractivity contribution in [2.75, 3.05) is 18.5 Å². The predicted molar refractivity (Wildman–Crippen MR) is 126 cm³/mol. The molecule has 0 heterocycles. The zero-order valence-corrected chi connectivity index (χ0v) is 19.5. The van der Waals surface area contributed by atoms with Gasteiger partial charge in [-0.3, -0.25) is 4.79 Å². The predicted octanol–water partition coefficient (Wildman–Crippen LogP) is 4.88. The molecule has 168 valence electrons. The lowest BCUT2D eigenvalue weighted by molar-refractivity contribution is -0.116. The zero-order chi connectivity index (χ0) is 23.1. The van der Waals surface area contributed by atoms with E-state index in [1.54, 1.807) is 30.3 Å². The lowest BCUT2D eigenvalue weighted by atomic mass is 10.2. The van der Waals surface area contributed by atoms with Gasteiger partial charge < -0.3 is 10.1 Å². The second kappa shape index (κ2) is 10.6. The smallest absolute Gasteiger partial charge is 0.243 e. The van der Waals surface area contributed by atoms with Gasteiger partial charge in [0, 0.05) is 17.3 Å². The molecule has 3 rings (SSSR count). The molecule has 3 aromatic carbocycles. The standard InChI is InChI=1S/C24H25ClN2O4S/c1-3-31-21-10-12-22(13-11-21)32(29,30)27(16-19-7-5-4-6-8-19)17-24(28)26-23-14-9-20(25)15-18(23)2/h4-15H,3,16-17H2,1-2H3,(H,26,28). The number of hydrogen-bond acceptors (Lipinski definition) is 4. The molecule has 6 nitrogen and oxygen atoms in total. The van der Waals surface area contributed by atoms with Crippen LogP contribution in [0, 0.1) is 6.92 Å². The van der Waals surface area contributed by atoms with E-state index in [0.29, 0.717) is 23.1 Å². The summed E-state index contributed by atoms with van der Waals surface area (Å²) in [5.41, 5.74) is 2.14. The molecule has 0 aromatic heterocycles. The number of carbonyl (C=O) groups is 1. The van der Waals surface area contributed by atoms with E-state index in [9.17, 15) is 13.2 Å². The maximum atomic E-state index is 13.4. The molecule has 0 saturated heterocycles. The van der Waals surface area contributed by atoms with Crippen molar-refractivity contribution in [3.8, 4) is 5.75 Å². The number of amides is 1. The largest absolute Gasteiger partial charge is 0.494 e. The van der Waals surface area contributed by atoms with Gasteiger partial charge in [-0.1, -0.05) is 41.9 Å². The molecule has 0 spiro atoms. The summed E-state index contributed by atoms with van der Waals surface area (Å²) in [6.07, 6.45) is 0. The number of benzene rings is 3. The van der Waals surface area contributed by atoms with E-state index in [-0.39, 0.29) is 18.0 Å². The fourth-order valence-electron chi connectivity index (χ4n) is 3.15. The topological polar surface area (TPSA) is 75.7 Å². The first-order chi connectivity index (χ1) is 15.3. The second-order valence-electron chi connectivity index (χ2n) is 7.17. The number of anilines is 1. The Kier molecular flexibility index (Phi) is 7.90. The van der Waals surface area contributed by atoms with Crippen LogP contribution in [0.4, 0.5) is 5.69 Å². The van der Waals surface area contributed by atoms with Crippen LogP contribution < -0.4 is 10.1 Å². The molecule has 0 aliphatic heterocycles. The number of ether oxygens (including phenoxy) is 1. The Labute approximate surface area is 193 Å². The Hall–Kier alpha value is -2.87. The van der Waals surface area contributed by atoms with Crippen molar-refractivity contribution < 1.29 is 17.9 Å². The number of sulfonamides is 1. The van der Waals surface area contributed by atoms with Crippen LogP contribution in [0.5, 0.6) is 5.75 Å². The number of nitrogens with zero attached hydrogens (tertiary/aromatic N) is 1. The Bertz CT molecular complexity index is 1170. The molecule has 1 amide bonds. The van der Waals surface area contributed by atoms with E-state index < -0.39 is 15.9 Å². The van der Waals surface area contributed by atoms with Crippen LogP contribution in [-0.4, -0.2) is 31.8 Å². The van der Waals surface area contributed by atoms with E-state index in [4.69, 9.17) is 16.3 Å². The average molecular weight is 473 g/mol. The Morgan fingerprint density at radius 1 is 1.03 bits per heavy atom. The SMILES string of the molecule is CCOc1ccc(S(=O)(=O)N(CC(=O)Nc2ccc(Cl)cc2C)Cc2ccccc2)cc1. The fraction of sp³-hybridized carbons (Fsp3) is 0.208. The molecule has 32 heavy (non-hydrogen) atoms. The molecule has 3 aromatic rings. The number of aryl methyl sites for hydroxylation is 1. The molecule has 0 bridgehead atoms. The zero-order valence-electron chi connectivity index (χ0n) is 17.9. The van der Waals surface area contributed by atoms with Gasteiger partial charge in [0.15, 0.2) is 0 Å². The first-order valence-corrected chi connectivity index (χ1v) is 11.9. The van der Waals surface area contributed by atoms with Gasteiger partial charge in [-0.15, -0.1) is 0 Å².